The molecule has 7 heteroatoms. The molecule has 132 valence electrons. The number of H-pyrrole nitrogens is 1. The summed E-state index contributed by atoms with van der Waals surface area (Å²) in [6.45, 7) is 0. The molecule has 0 atom stereocenters. The van der Waals surface area contributed by atoms with Crippen LogP contribution in [0.5, 0.6) is 11.5 Å². The van der Waals surface area contributed by atoms with E-state index < -0.39 is 5.97 Å². The van der Waals surface area contributed by atoms with Crippen LogP contribution in [0.15, 0.2) is 41.2 Å². The molecular formula is C19H16N2O5. The van der Waals surface area contributed by atoms with Gasteiger partial charge in [0.2, 0.25) is 0 Å². The molecule has 2 N–H and O–H groups in total. The zero-order valence-electron chi connectivity index (χ0n) is 14.1. The monoisotopic (exact) mass is 352 g/mol. The van der Waals surface area contributed by atoms with Crippen molar-refractivity contribution in [3.05, 3.63) is 63.7 Å². The second-order valence-electron chi connectivity index (χ2n) is 5.44. The van der Waals surface area contributed by atoms with Crippen molar-refractivity contribution in [3.63, 3.8) is 0 Å². The molecule has 0 radical (unpaired) electrons. The van der Waals surface area contributed by atoms with Gasteiger partial charge in [-0.05, 0) is 42.0 Å². The highest BCUT2D eigenvalue weighted by atomic mass is 16.5. The second-order valence-corrected chi connectivity index (χ2v) is 5.44. The van der Waals surface area contributed by atoms with Crippen LogP contribution in [0.3, 0.4) is 0 Å². The average molecular weight is 352 g/mol. The maximum Gasteiger partial charge on any atom is 0.335 e. The molecule has 2 aromatic carbocycles. The first-order chi connectivity index (χ1) is 12.5. The molecule has 0 aliphatic rings. The van der Waals surface area contributed by atoms with Crippen molar-refractivity contribution >= 4 is 29.0 Å². The molecule has 26 heavy (non-hydrogen) atoms. The van der Waals surface area contributed by atoms with Crippen molar-refractivity contribution in [2.45, 2.75) is 0 Å². The summed E-state index contributed by atoms with van der Waals surface area (Å²) in [5.74, 6) is 0.444. The lowest BCUT2D eigenvalue weighted by Gasteiger charge is -2.07. The maximum atomic E-state index is 12.2. The van der Waals surface area contributed by atoms with Gasteiger partial charge in [-0.1, -0.05) is 12.1 Å². The fraction of sp³-hybridized carbons (Fsp3) is 0.105. The summed E-state index contributed by atoms with van der Waals surface area (Å²) >= 11 is 0. The van der Waals surface area contributed by atoms with Crippen molar-refractivity contribution in [2.75, 3.05) is 14.2 Å². The molecule has 1 aromatic heterocycles. The van der Waals surface area contributed by atoms with Crippen molar-refractivity contribution in [3.8, 4) is 11.5 Å². The van der Waals surface area contributed by atoms with E-state index in [4.69, 9.17) is 14.6 Å². The van der Waals surface area contributed by atoms with Gasteiger partial charge in [0, 0.05) is 0 Å². The van der Waals surface area contributed by atoms with Gasteiger partial charge in [-0.3, -0.25) is 4.79 Å². The van der Waals surface area contributed by atoms with E-state index in [9.17, 15) is 9.59 Å². The predicted octanol–water partition coefficient (Wildman–Crippen LogP) is 2.81. The summed E-state index contributed by atoms with van der Waals surface area (Å²) in [6.07, 6.45) is 3.39. The van der Waals surface area contributed by atoms with E-state index in [1.54, 1.807) is 38.5 Å². The highest BCUT2D eigenvalue weighted by Gasteiger charge is 2.08. The van der Waals surface area contributed by atoms with E-state index >= 15 is 0 Å². The lowest BCUT2D eigenvalue weighted by molar-refractivity contribution is 0.0697. The standard InChI is InChI=1S/C19H16N2O5/c1-25-15-7-3-11(9-16(15)26-2)4-8-17-20-14-10-12(19(23)24)5-6-13(14)18(22)21-17/h3-10H,1-2H3,(H,23,24)(H,20,21,22). The number of ether oxygens (including phenoxy) is 2. The van der Waals surface area contributed by atoms with Crippen LogP contribution >= 0.6 is 0 Å². The largest absolute Gasteiger partial charge is 0.493 e. The molecule has 3 aromatic rings. The van der Waals surface area contributed by atoms with Crippen LogP contribution in [0.4, 0.5) is 0 Å². The SMILES string of the molecule is COc1ccc(C=Cc2nc3cc(C(=O)O)ccc3c(=O)[nH]2)cc1OC. The zero-order valence-corrected chi connectivity index (χ0v) is 14.1. The number of rotatable bonds is 5. The fourth-order valence-corrected chi connectivity index (χ4v) is 2.50. The lowest BCUT2D eigenvalue weighted by atomic mass is 10.1. The van der Waals surface area contributed by atoms with Crippen molar-refractivity contribution in [2.24, 2.45) is 0 Å². The normalized spacial score (nSPS) is 11.0. The van der Waals surface area contributed by atoms with E-state index in [-0.39, 0.29) is 11.1 Å². The number of carboxylic acid groups (broad SMARTS) is 1. The number of hydrogen-bond acceptors (Lipinski definition) is 5. The Kier molecular flexibility index (Phi) is 4.70. The summed E-state index contributed by atoms with van der Waals surface area (Å²) in [5, 5.41) is 9.41. The van der Waals surface area contributed by atoms with Gasteiger partial charge in [-0.25, -0.2) is 9.78 Å². The van der Waals surface area contributed by atoms with Crippen LogP contribution in [-0.2, 0) is 0 Å². The van der Waals surface area contributed by atoms with Crippen molar-refractivity contribution < 1.29 is 19.4 Å². The van der Waals surface area contributed by atoms with Crippen LogP contribution < -0.4 is 15.0 Å². The minimum absolute atomic E-state index is 0.0745. The molecule has 0 aliphatic carbocycles. The van der Waals surface area contributed by atoms with Gasteiger partial charge in [0.1, 0.15) is 5.82 Å². The number of benzene rings is 2. The Balaban J connectivity index is 1.99. The minimum Gasteiger partial charge on any atom is -0.493 e. The Morgan fingerprint density at radius 2 is 1.85 bits per heavy atom. The molecule has 0 saturated carbocycles. The number of aromatic carboxylic acids is 1. The van der Waals surface area contributed by atoms with Gasteiger partial charge < -0.3 is 19.6 Å². The van der Waals surface area contributed by atoms with E-state index in [2.05, 4.69) is 9.97 Å². The number of nitrogens with one attached hydrogen (secondary N) is 1. The molecule has 3 rings (SSSR count). The second kappa shape index (κ2) is 7.10. The summed E-state index contributed by atoms with van der Waals surface area (Å²) in [7, 11) is 3.11. The van der Waals surface area contributed by atoms with E-state index in [0.29, 0.717) is 28.2 Å². The van der Waals surface area contributed by atoms with Crippen LogP contribution in [0, 0.1) is 0 Å². The van der Waals surface area contributed by atoms with Crippen molar-refractivity contribution in [1.82, 2.24) is 9.97 Å². The molecule has 7 nitrogen and oxygen atoms in total. The molecule has 0 unspecified atom stereocenters. The maximum absolute atomic E-state index is 12.2. The average Bonchev–Trinajstić information content (AvgIpc) is 2.65. The first kappa shape index (κ1) is 17.2. The summed E-state index contributed by atoms with van der Waals surface area (Å²) in [5.41, 5.74) is 0.884. The topological polar surface area (TPSA) is 102 Å². The molecular weight excluding hydrogens is 336 g/mol. The molecule has 0 fully saturated rings. The third kappa shape index (κ3) is 3.41. The molecule has 1 heterocycles. The van der Waals surface area contributed by atoms with Crippen molar-refractivity contribution in [1.29, 1.82) is 0 Å². The van der Waals surface area contributed by atoms with E-state index in [1.165, 1.54) is 18.2 Å². The third-order valence-electron chi connectivity index (χ3n) is 3.81. The minimum atomic E-state index is -1.07. The van der Waals surface area contributed by atoms with Crippen LogP contribution in [0.1, 0.15) is 21.7 Å². The number of fused-ring (bicyclic) bond motifs is 1. The highest BCUT2D eigenvalue weighted by molar-refractivity contribution is 5.93. The van der Waals surface area contributed by atoms with E-state index in [1.807, 2.05) is 6.07 Å². The summed E-state index contributed by atoms with van der Waals surface area (Å²) in [4.78, 5) is 30.2. The smallest absolute Gasteiger partial charge is 0.335 e. The molecule has 0 bridgehead atoms. The van der Waals surface area contributed by atoms with Crippen LogP contribution in [0.25, 0.3) is 23.1 Å². The highest BCUT2D eigenvalue weighted by Crippen LogP contribution is 2.28. The van der Waals surface area contributed by atoms with Gasteiger partial charge in [0.25, 0.3) is 5.56 Å². The summed E-state index contributed by atoms with van der Waals surface area (Å²) < 4.78 is 10.4. The number of carbonyl (C=O) groups is 1. The van der Waals surface area contributed by atoms with Gasteiger partial charge in [-0.15, -0.1) is 0 Å². The number of carboxylic acids is 1. The number of aromatic amines is 1. The zero-order chi connectivity index (χ0) is 18.7. The third-order valence-corrected chi connectivity index (χ3v) is 3.81. The van der Waals surface area contributed by atoms with Gasteiger partial charge in [0.05, 0.1) is 30.7 Å². The Labute approximate surface area is 148 Å². The van der Waals surface area contributed by atoms with Gasteiger partial charge in [-0.2, -0.15) is 0 Å². The van der Waals surface area contributed by atoms with Gasteiger partial charge >= 0.3 is 5.97 Å². The van der Waals surface area contributed by atoms with Crippen LogP contribution in [0.2, 0.25) is 0 Å². The quantitative estimate of drug-likeness (QED) is 0.732. The number of hydrogen-bond donors (Lipinski definition) is 2. The number of aromatic nitrogens is 2. The Morgan fingerprint density at radius 1 is 1.08 bits per heavy atom. The summed E-state index contributed by atoms with van der Waals surface area (Å²) in [6, 6.07) is 9.60. The first-order valence-corrected chi connectivity index (χ1v) is 7.69. The molecule has 0 saturated heterocycles. The number of methoxy groups -OCH3 is 2. The Bertz CT molecular complexity index is 1070. The molecule has 0 spiro atoms. The molecule has 0 aliphatic heterocycles. The van der Waals surface area contributed by atoms with E-state index in [0.717, 1.165) is 5.56 Å². The predicted molar refractivity (Wildman–Crippen MR) is 97.8 cm³/mol. The van der Waals surface area contributed by atoms with Gasteiger partial charge in [0.15, 0.2) is 11.5 Å². The first-order valence-electron chi connectivity index (χ1n) is 7.69. The Hall–Kier alpha value is -3.61. The molecule has 0 amide bonds. The lowest BCUT2D eigenvalue weighted by Crippen LogP contribution is -2.10. The number of nitrogens with zero attached hydrogens (tertiary/aromatic N) is 1. The van der Waals surface area contributed by atoms with Crippen LogP contribution in [-0.4, -0.2) is 35.3 Å². The Morgan fingerprint density at radius 3 is 2.54 bits per heavy atom. The fourth-order valence-electron chi connectivity index (χ4n) is 2.50.